The maximum absolute atomic E-state index is 12.6. The summed E-state index contributed by atoms with van der Waals surface area (Å²) in [6.07, 6.45) is 2.97. The second-order valence-corrected chi connectivity index (χ2v) is 6.37. The van der Waals surface area contributed by atoms with E-state index in [-0.39, 0.29) is 12.1 Å². The van der Waals surface area contributed by atoms with E-state index in [0.29, 0.717) is 12.5 Å². The summed E-state index contributed by atoms with van der Waals surface area (Å²) in [6, 6.07) is 5.84. The minimum atomic E-state index is 0.00210. The molecule has 132 valence electrons. The molecule has 0 spiro atoms. The Kier molecular flexibility index (Phi) is 5.45. The van der Waals surface area contributed by atoms with Crippen LogP contribution in [-0.4, -0.2) is 51.5 Å². The fourth-order valence-corrected chi connectivity index (χ4v) is 3.50. The van der Waals surface area contributed by atoms with Gasteiger partial charge in [-0.1, -0.05) is 0 Å². The molecule has 2 saturated heterocycles. The molecule has 2 aliphatic heterocycles. The number of rotatable bonds is 5. The van der Waals surface area contributed by atoms with Gasteiger partial charge in [0, 0.05) is 37.2 Å². The molecule has 6 nitrogen and oxygen atoms in total. The molecule has 3 rings (SSSR count). The SMILES string of the molecule is COc1ccc([C@@H]2CCCN2C(=O)NC[C@H]2CCOC2)c(OC)c1. The largest absolute Gasteiger partial charge is 0.497 e. The molecule has 6 heteroatoms. The van der Waals surface area contributed by atoms with Gasteiger partial charge < -0.3 is 24.4 Å². The van der Waals surface area contributed by atoms with E-state index in [4.69, 9.17) is 14.2 Å². The highest BCUT2D eigenvalue weighted by molar-refractivity contribution is 5.75. The standard InChI is InChI=1S/C18H26N2O4/c1-22-14-5-6-15(17(10-14)23-2)16-4-3-8-20(16)18(21)19-11-13-7-9-24-12-13/h5-6,10,13,16H,3-4,7-9,11-12H2,1-2H3,(H,19,21)/t13-,16+/m1/s1. The van der Waals surface area contributed by atoms with E-state index in [2.05, 4.69) is 5.32 Å². The predicted molar refractivity (Wildman–Crippen MR) is 90.6 cm³/mol. The third kappa shape index (κ3) is 3.59. The van der Waals surface area contributed by atoms with Crippen LogP contribution >= 0.6 is 0 Å². The van der Waals surface area contributed by atoms with Gasteiger partial charge in [0.05, 0.1) is 26.9 Å². The number of hydrogen-bond acceptors (Lipinski definition) is 4. The van der Waals surface area contributed by atoms with Crippen LogP contribution in [0.25, 0.3) is 0 Å². The Balaban J connectivity index is 1.69. The first-order valence-electron chi connectivity index (χ1n) is 8.57. The summed E-state index contributed by atoms with van der Waals surface area (Å²) in [4.78, 5) is 14.5. The molecule has 1 aromatic carbocycles. The number of benzene rings is 1. The van der Waals surface area contributed by atoms with Crippen LogP contribution in [0.4, 0.5) is 4.79 Å². The minimum absolute atomic E-state index is 0.00210. The van der Waals surface area contributed by atoms with Crippen LogP contribution in [0.3, 0.4) is 0 Å². The normalized spacial score (nSPS) is 23.3. The summed E-state index contributed by atoms with van der Waals surface area (Å²) >= 11 is 0. The average Bonchev–Trinajstić information content (AvgIpc) is 3.30. The van der Waals surface area contributed by atoms with Gasteiger partial charge in [-0.3, -0.25) is 0 Å². The van der Waals surface area contributed by atoms with Crippen LogP contribution in [0, 0.1) is 5.92 Å². The first-order chi connectivity index (χ1) is 11.7. The van der Waals surface area contributed by atoms with Crippen LogP contribution in [0.2, 0.25) is 0 Å². The molecule has 2 fully saturated rings. The summed E-state index contributed by atoms with van der Waals surface area (Å²) in [5.41, 5.74) is 1.04. The van der Waals surface area contributed by atoms with Crippen LogP contribution in [0.15, 0.2) is 18.2 Å². The van der Waals surface area contributed by atoms with Gasteiger partial charge >= 0.3 is 6.03 Å². The van der Waals surface area contributed by atoms with E-state index < -0.39 is 0 Å². The first-order valence-corrected chi connectivity index (χ1v) is 8.57. The summed E-state index contributed by atoms with van der Waals surface area (Å²) in [5, 5.41) is 3.07. The number of urea groups is 1. The second-order valence-electron chi connectivity index (χ2n) is 6.37. The van der Waals surface area contributed by atoms with Gasteiger partial charge in [-0.15, -0.1) is 0 Å². The summed E-state index contributed by atoms with van der Waals surface area (Å²) < 4.78 is 16.1. The van der Waals surface area contributed by atoms with E-state index in [1.807, 2.05) is 23.1 Å². The van der Waals surface area contributed by atoms with Crippen molar-refractivity contribution >= 4 is 6.03 Å². The maximum atomic E-state index is 12.6. The molecule has 0 bridgehead atoms. The average molecular weight is 334 g/mol. The number of carbonyl (C=O) groups excluding carboxylic acids is 1. The van der Waals surface area contributed by atoms with Crippen molar-refractivity contribution in [2.75, 3.05) is 40.5 Å². The Bertz CT molecular complexity index is 572. The highest BCUT2D eigenvalue weighted by Gasteiger charge is 2.32. The summed E-state index contributed by atoms with van der Waals surface area (Å²) in [7, 11) is 3.29. The number of carbonyl (C=O) groups is 1. The smallest absolute Gasteiger partial charge is 0.317 e. The van der Waals surface area contributed by atoms with E-state index in [1.54, 1.807) is 14.2 Å². The van der Waals surface area contributed by atoms with Crippen molar-refractivity contribution in [3.63, 3.8) is 0 Å². The highest BCUT2D eigenvalue weighted by atomic mass is 16.5. The Hall–Kier alpha value is -1.95. The molecule has 2 aliphatic rings. The van der Waals surface area contributed by atoms with Crippen LogP contribution in [-0.2, 0) is 4.74 Å². The fraction of sp³-hybridized carbons (Fsp3) is 0.611. The molecule has 2 atom stereocenters. The molecule has 24 heavy (non-hydrogen) atoms. The Labute approximate surface area is 143 Å². The van der Waals surface area contributed by atoms with Crippen LogP contribution in [0.1, 0.15) is 30.9 Å². The van der Waals surface area contributed by atoms with Crippen molar-refractivity contribution in [1.29, 1.82) is 0 Å². The van der Waals surface area contributed by atoms with Gasteiger partial charge in [-0.2, -0.15) is 0 Å². The maximum Gasteiger partial charge on any atom is 0.317 e. The van der Waals surface area contributed by atoms with Crippen LogP contribution < -0.4 is 14.8 Å². The van der Waals surface area contributed by atoms with Crippen molar-refractivity contribution in [3.8, 4) is 11.5 Å². The van der Waals surface area contributed by atoms with Crippen molar-refractivity contribution in [1.82, 2.24) is 10.2 Å². The van der Waals surface area contributed by atoms with Gasteiger partial charge in [0.15, 0.2) is 0 Å². The Morgan fingerprint density at radius 2 is 2.21 bits per heavy atom. The Morgan fingerprint density at radius 3 is 2.92 bits per heavy atom. The molecule has 0 aliphatic carbocycles. The lowest BCUT2D eigenvalue weighted by Crippen LogP contribution is -2.41. The number of methoxy groups -OCH3 is 2. The number of hydrogen-bond donors (Lipinski definition) is 1. The molecule has 2 heterocycles. The van der Waals surface area contributed by atoms with E-state index in [1.165, 1.54) is 0 Å². The van der Waals surface area contributed by atoms with Crippen molar-refractivity contribution in [3.05, 3.63) is 23.8 Å². The molecule has 0 radical (unpaired) electrons. The summed E-state index contributed by atoms with van der Waals surface area (Å²) in [6.45, 7) is 3.00. The topological polar surface area (TPSA) is 60.0 Å². The quantitative estimate of drug-likeness (QED) is 0.899. The zero-order valence-corrected chi connectivity index (χ0v) is 14.4. The van der Waals surface area contributed by atoms with Crippen molar-refractivity contribution in [2.45, 2.75) is 25.3 Å². The third-order valence-corrected chi connectivity index (χ3v) is 4.88. The Morgan fingerprint density at radius 1 is 1.33 bits per heavy atom. The van der Waals surface area contributed by atoms with Gasteiger partial charge in [-0.25, -0.2) is 4.79 Å². The van der Waals surface area contributed by atoms with E-state index in [9.17, 15) is 4.79 Å². The molecule has 0 saturated carbocycles. The minimum Gasteiger partial charge on any atom is -0.497 e. The number of amides is 2. The number of nitrogens with one attached hydrogen (secondary N) is 1. The second kappa shape index (κ2) is 7.75. The molecule has 1 aromatic rings. The van der Waals surface area contributed by atoms with E-state index in [0.717, 1.165) is 56.1 Å². The number of ether oxygens (including phenoxy) is 3. The molecular formula is C18H26N2O4. The molecule has 0 aromatic heterocycles. The van der Waals surface area contributed by atoms with Gasteiger partial charge in [0.1, 0.15) is 11.5 Å². The molecule has 0 unspecified atom stereocenters. The lowest BCUT2D eigenvalue weighted by molar-refractivity contribution is 0.178. The number of likely N-dealkylation sites (tertiary alicyclic amines) is 1. The van der Waals surface area contributed by atoms with Crippen LogP contribution in [0.5, 0.6) is 11.5 Å². The monoisotopic (exact) mass is 334 g/mol. The van der Waals surface area contributed by atoms with Gasteiger partial charge in [0.2, 0.25) is 0 Å². The predicted octanol–water partition coefficient (Wildman–Crippen LogP) is 2.59. The summed E-state index contributed by atoms with van der Waals surface area (Å²) in [5.74, 6) is 1.96. The number of nitrogens with zero attached hydrogens (tertiary/aromatic N) is 1. The van der Waals surface area contributed by atoms with E-state index >= 15 is 0 Å². The molecule has 1 N–H and O–H groups in total. The first kappa shape index (κ1) is 16.9. The fourth-order valence-electron chi connectivity index (χ4n) is 3.50. The third-order valence-electron chi connectivity index (χ3n) is 4.88. The lowest BCUT2D eigenvalue weighted by atomic mass is 10.0. The highest BCUT2D eigenvalue weighted by Crippen LogP contribution is 2.38. The van der Waals surface area contributed by atoms with Crippen molar-refractivity contribution < 1.29 is 19.0 Å². The molecule has 2 amide bonds. The van der Waals surface area contributed by atoms with Gasteiger partial charge in [0.25, 0.3) is 0 Å². The van der Waals surface area contributed by atoms with Gasteiger partial charge in [-0.05, 0) is 31.4 Å². The molecular weight excluding hydrogens is 308 g/mol. The zero-order chi connectivity index (χ0) is 16.9. The van der Waals surface area contributed by atoms with Crippen molar-refractivity contribution in [2.24, 2.45) is 5.92 Å². The zero-order valence-electron chi connectivity index (χ0n) is 14.4. The lowest BCUT2D eigenvalue weighted by Gasteiger charge is -2.27.